The quantitative estimate of drug-likeness (QED) is 0.265. The molecule has 340 valence electrons. The summed E-state index contributed by atoms with van der Waals surface area (Å²) in [5.41, 5.74) is -2.77. The molecule has 1 aromatic heterocycles. The van der Waals surface area contributed by atoms with Crippen molar-refractivity contribution in [2.24, 2.45) is 35.5 Å². The fraction of sp³-hybridized carbons (Fsp3) is 0.714. The summed E-state index contributed by atoms with van der Waals surface area (Å²) in [6.45, 7) is 4.55. The monoisotopic (exact) mass is 894 g/mol. The van der Waals surface area contributed by atoms with E-state index in [1.807, 2.05) is 4.72 Å². The number of nitrogens with zero attached hydrogens (tertiary/aromatic N) is 3. The lowest BCUT2D eigenvalue weighted by Crippen LogP contribution is -2.59. The molecule has 2 aromatic rings. The maximum absolute atomic E-state index is 16.6. The number of alkyl halides is 4. The Bertz CT molecular complexity index is 2220. The van der Waals surface area contributed by atoms with Crippen molar-refractivity contribution < 1.29 is 59.4 Å². The molecule has 1 saturated heterocycles. The molecule has 4 aliphatic carbocycles. The predicted octanol–water partition coefficient (Wildman–Crippen LogP) is 5.20. The maximum Gasteiger partial charge on any atom is 0.408 e. The van der Waals surface area contributed by atoms with Gasteiger partial charge in [0.15, 0.2) is 5.69 Å². The van der Waals surface area contributed by atoms with Crippen LogP contribution in [0.2, 0.25) is 0 Å². The number of aromatic nitrogens is 2. The minimum absolute atomic E-state index is 0.0583. The third-order valence-corrected chi connectivity index (χ3v) is 15.9. The number of sulfonamides is 1. The number of ether oxygens (including phenoxy) is 3. The molecule has 2 aliphatic heterocycles. The average Bonchev–Trinajstić information content (AvgIpc) is 4.16. The van der Waals surface area contributed by atoms with Crippen LogP contribution >= 0.6 is 0 Å². The van der Waals surface area contributed by atoms with Gasteiger partial charge in [0.2, 0.25) is 34.1 Å². The highest BCUT2D eigenvalue weighted by Gasteiger charge is 2.67. The Labute approximate surface area is 357 Å². The van der Waals surface area contributed by atoms with Gasteiger partial charge in [0, 0.05) is 18.4 Å². The first-order valence-corrected chi connectivity index (χ1v) is 23.3. The van der Waals surface area contributed by atoms with Crippen molar-refractivity contribution in [1.82, 2.24) is 30.2 Å². The van der Waals surface area contributed by atoms with Crippen molar-refractivity contribution in [3.63, 3.8) is 0 Å². The topological polar surface area (TPSA) is 195 Å². The number of hydrogen-bond acceptors (Lipinski definition) is 11. The molecule has 2 bridgehead atoms. The number of amides is 4. The molecule has 1 unspecified atom stereocenters. The smallest absolute Gasteiger partial charge is 0.408 e. The summed E-state index contributed by atoms with van der Waals surface area (Å²) in [4.78, 5) is 65.5. The lowest BCUT2D eigenvalue weighted by atomic mass is 9.89. The van der Waals surface area contributed by atoms with Crippen LogP contribution in [0.5, 0.6) is 11.6 Å². The number of unbranched alkanes of at least 4 members (excludes halogenated alkanes) is 1. The van der Waals surface area contributed by atoms with Gasteiger partial charge < -0.3 is 29.7 Å². The highest BCUT2D eigenvalue weighted by Crippen LogP contribution is 2.64. The summed E-state index contributed by atoms with van der Waals surface area (Å²) < 4.78 is 106. The molecule has 11 atom stereocenters. The van der Waals surface area contributed by atoms with Crippen LogP contribution in [-0.4, -0.2) is 102 Å². The lowest BCUT2D eigenvalue weighted by Gasteiger charge is -2.30. The van der Waals surface area contributed by atoms with Gasteiger partial charge in [-0.1, -0.05) is 33.1 Å². The first kappa shape index (κ1) is 44.1. The number of halogens is 4. The second-order valence-electron chi connectivity index (χ2n) is 18.2. The Morgan fingerprint density at radius 3 is 2.48 bits per heavy atom. The van der Waals surface area contributed by atoms with Crippen LogP contribution in [0.3, 0.4) is 0 Å². The zero-order valence-corrected chi connectivity index (χ0v) is 35.9. The first-order valence-electron chi connectivity index (χ1n) is 21.7. The van der Waals surface area contributed by atoms with Gasteiger partial charge >= 0.3 is 6.09 Å². The Morgan fingerprint density at radius 1 is 1.05 bits per heavy atom. The van der Waals surface area contributed by atoms with Gasteiger partial charge in [-0.3, -0.25) is 19.1 Å². The molecule has 4 saturated carbocycles. The second kappa shape index (κ2) is 16.6. The van der Waals surface area contributed by atoms with Crippen LogP contribution in [0, 0.1) is 35.5 Å². The van der Waals surface area contributed by atoms with E-state index in [1.54, 1.807) is 6.07 Å². The number of methoxy groups -OCH3 is 1. The molecule has 15 nitrogen and oxygen atoms in total. The molecule has 62 heavy (non-hydrogen) atoms. The van der Waals surface area contributed by atoms with Gasteiger partial charge in [0.1, 0.15) is 35.6 Å². The third-order valence-electron chi connectivity index (χ3n) is 14.1. The number of alkyl carbamates (subject to hydrolysis) is 1. The lowest BCUT2D eigenvalue weighted by molar-refractivity contribution is -0.141. The Balaban J connectivity index is 1.13. The van der Waals surface area contributed by atoms with Gasteiger partial charge in [-0.05, 0) is 87.7 Å². The highest BCUT2D eigenvalue weighted by molar-refractivity contribution is 7.91. The van der Waals surface area contributed by atoms with Crippen LogP contribution in [0.15, 0.2) is 18.2 Å². The van der Waals surface area contributed by atoms with Crippen LogP contribution in [0.1, 0.15) is 97.1 Å². The number of nitrogens with one attached hydrogen (secondary N) is 3. The third kappa shape index (κ3) is 8.35. The molecule has 8 rings (SSSR count). The van der Waals surface area contributed by atoms with Gasteiger partial charge in [-0.25, -0.2) is 32.0 Å². The van der Waals surface area contributed by atoms with Crippen LogP contribution in [0.25, 0.3) is 11.0 Å². The summed E-state index contributed by atoms with van der Waals surface area (Å²) in [5, 5.41) is 4.08. The van der Waals surface area contributed by atoms with E-state index in [9.17, 15) is 36.4 Å². The maximum atomic E-state index is 16.6. The number of carbonyl (C=O) groups excluding carboxylic acids is 4. The van der Waals surface area contributed by atoms with Crippen LogP contribution in [-0.2, 0) is 35.1 Å². The SMILES string of the molecule is CCCCC1[C@@H]2[C@H]3CCCCC(F)(F)c4nc5ccc(OC)cc5nc4O[C@H]4CN(C(=O)[C@H](C)NC(=O)O[C@@H]3C[C@@H]12)[C@H](C(=O)N[C@]1(C(=O)NS(=O)(=O)C2CC2)C[C@H]1C(F)F)[C@@H]4C. The van der Waals surface area contributed by atoms with Gasteiger partial charge in [-0.2, -0.15) is 8.78 Å². The molecular weight excluding hydrogens is 841 g/mol. The first-order chi connectivity index (χ1) is 29.4. The molecule has 20 heteroatoms. The van der Waals surface area contributed by atoms with Gasteiger partial charge in [0.25, 0.3) is 11.8 Å². The fourth-order valence-electron chi connectivity index (χ4n) is 10.3. The van der Waals surface area contributed by atoms with Crippen molar-refractivity contribution >= 4 is 44.9 Å². The normalized spacial score (nSPS) is 34.4. The summed E-state index contributed by atoms with van der Waals surface area (Å²) >= 11 is 0. The summed E-state index contributed by atoms with van der Waals surface area (Å²) in [7, 11) is -2.78. The molecule has 1 aromatic carbocycles. The van der Waals surface area contributed by atoms with Crippen molar-refractivity contribution in [3.05, 3.63) is 23.9 Å². The van der Waals surface area contributed by atoms with E-state index in [1.165, 1.54) is 33.1 Å². The number of hydrogen-bond donors (Lipinski definition) is 3. The molecule has 6 aliphatic rings. The van der Waals surface area contributed by atoms with E-state index >= 15 is 8.78 Å². The largest absolute Gasteiger partial charge is 0.497 e. The number of benzene rings is 1. The Kier molecular flexibility index (Phi) is 11.8. The van der Waals surface area contributed by atoms with Gasteiger partial charge in [-0.15, -0.1) is 0 Å². The van der Waals surface area contributed by atoms with E-state index in [0.29, 0.717) is 42.8 Å². The minimum atomic E-state index is -4.21. The van der Waals surface area contributed by atoms with Crippen molar-refractivity contribution in [3.8, 4) is 11.6 Å². The van der Waals surface area contributed by atoms with Gasteiger partial charge in [0.05, 0.1) is 35.9 Å². The summed E-state index contributed by atoms with van der Waals surface area (Å²) in [6.07, 6.45) is -1.49. The minimum Gasteiger partial charge on any atom is -0.497 e. The van der Waals surface area contributed by atoms with E-state index < -0.39 is 124 Å². The second-order valence-corrected chi connectivity index (χ2v) is 20.1. The standard InChI is InChI=1S/C42H54F4N6O9S/c1-5-6-9-24-26-17-30-25(32(24)26)10-7-8-15-42(45,46)34-37(49-29-16-22(59-4)11-14-28(29)48-34)60-31-19-52(38(54)21(3)47-40(56)61-30)33(20(31)2)36(53)50-41(18-27(41)35(43)44)39(55)51-62(57,58)23-12-13-23/h11,14,16,20-21,23-27,30-33,35H,5-10,12-13,15,17-19H2,1-4H3,(H,47,56)(H,50,53)(H,51,55)/t20-,21+,24?,25+,26+,27+,30-,31+,32-,33+,41-/m1/s1. The van der Waals surface area contributed by atoms with Crippen molar-refractivity contribution in [2.45, 2.75) is 139 Å². The fourth-order valence-corrected chi connectivity index (χ4v) is 11.7. The molecule has 0 radical (unpaired) electrons. The van der Waals surface area contributed by atoms with E-state index in [0.717, 1.165) is 24.2 Å². The molecule has 4 amide bonds. The predicted molar refractivity (Wildman–Crippen MR) is 214 cm³/mol. The zero-order valence-electron chi connectivity index (χ0n) is 35.1. The molecule has 0 spiro atoms. The van der Waals surface area contributed by atoms with E-state index in [4.69, 9.17) is 14.2 Å². The molecule has 3 heterocycles. The number of rotatable bonds is 10. The Hall–Kier alpha value is -4.49. The summed E-state index contributed by atoms with van der Waals surface area (Å²) in [5.74, 6) is -8.73. The van der Waals surface area contributed by atoms with Crippen LogP contribution in [0.4, 0.5) is 22.4 Å². The number of carbonyl (C=O) groups is 4. The van der Waals surface area contributed by atoms with Crippen molar-refractivity contribution in [1.29, 1.82) is 0 Å². The molecule has 5 fully saturated rings. The van der Waals surface area contributed by atoms with E-state index in [2.05, 4.69) is 27.5 Å². The highest BCUT2D eigenvalue weighted by atomic mass is 32.2. The van der Waals surface area contributed by atoms with Crippen molar-refractivity contribution in [2.75, 3.05) is 13.7 Å². The molecular formula is C42H54F4N6O9S. The number of fused-ring (bicyclic) bond motifs is 7. The van der Waals surface area contributed by atoms with Crippen LogP contribution < -0.4 is 24.8 Å². The average molecular weight is 895 g/mol. The molecule has 3 N–H and O–H groups in total. The zero-order chi connectivity index (χ0) is 44.5. The Morgan fingerprint density at radius 2 is 1.81 bits per heavy atom. The summed E-state index contributed by atoms with van der Waals surface area (Å²) in [6, 6.07) is 1.65. The van der Waals surface area contributed by atoms with E-state index in [-0.39, 0.29) is 36.2 Å².